The van der Waals surface area contributed by atoms with Crippen LogP contribution in [-0.2, 0) is 4.74 Å². The third kappa shape index (κ3) is 8.39. The lowest BCUT2D eigenvalue weighted by Crippen LogP contribution is -2.39. The Morgan fingerprint density at radius 2 is 1.65 bits per heavy atom. The highest BCUT2D eigenvalue weighted by molar-refractivity contribution is 4.69. The van der Waals surface area contributed by atoms with Crippen LogP contribution in [0, 0.1) is 0 Å². The number of hydrogen-bond acceptors (Lipinski definition) is 2. The summed E-state index contributed by atoms with van der Waals surface area (Å²) in [6.45, 7) is 13.4. The van der Waals surface area contributed by atoms with E-state index in [4.69, 9.17) is 4.74 Å². The molecule has 0 bridgehead atoms. The number of ether oxygens (including phenoxy) is 1. The lowest BCUT2D eigenvalue weighted by Gasteiger charge is -2.31. The lowest BCUT2D eigenvalue weighted by atomic mass is 10.2. The van der Waals surface area contributed by atoms with Gasteiger partial charge in [-0.1, -0.05) is 46.1 Å². The summed E-state index contributed by atoms with van der Waals surface area (Å²) in [7, 11) is 0. The summed E-state index contributed by atoms with van der Waals surface area (Å²) in [6, 6.07) is 0. The highest BCUT2D eigenvalue weighted by Gasteiger charge is 2.16. The van der Waals surface area contributed by atoms with Crippen molar-refractivity contribution < 1.29 is 4.74 Å². The average molecular weight is 241 g/mol. The average Bonchev–Trinajstić information content (AvgIpc) is 2.35. The Kier molecular flexibility index (Phi) is 11.9. The van der Waals surface area contributed by atoms with Crippen LogP contribution in [0.2, 0.25) is 0 Å². The molecule has 0 radical (unpaired) electrons. The fourth-order valence-corrected chi connectivity index (χ4v) is 1.92. The van der Waals surface area contributed by atoms with Crippen LogP contribution in [0.5, 0.6) is 0 Å². The van der Waals surface area contributed by atoms with Crippen molar-refractivity contribution in [1.29, 1.82) is 0 Å². The van der Waals surface area contributed by atoms with Crippen molar-refractivity contribution in [2.24, 2.45) is 0 Å². The van der Waals surface area contributed by atoms with Gasteiger partial charge in [-0.15, -0.1) is 6.58 Å². The van der Waals surface area contributed by atoms with Crippen molar-refractivity contribution in [2.45, 2.75) is 65.5 Å². The Balaban J connectivity index is 4.25. The minimum Gasteiger partial charge on any atom is -0.359 e. The second-order valence-corrected chi connectivity index (χ2v) is 4.61. The second kappa shape index (κ2) is 12.1. The quantitative estimate of drug-likeness (QED) is 0.375. The van der Waals surface area contributed by atoms with Gasteiger partial charge in [-0.2, -0.15) is 0 Å². The highest BCUT2D eigenvalue weighted by Crippen LogP contribution is 2.12. The third-order valence-corrected chi connectivity index (χ3v) is 2.95. The van der Waals surface area contributed by atoms with Crippen LogP contribution in [0.4, 0.5) is 0 Å². The van der Waals surface area contributed by atoms with Crippen molar-refractivity contribution in [2.75, 3.05) is 19.7 Å². The number of rotatable bonds is 12. The van der Waals surface area contributed by atoms with Gasteiger partial charge >= 0.3 is 0 Å². The van der Waals surface area contributed by atoms with Crippen LogP contribution in [-0.4, -0.2) is 30.8 Å². The molecule has 0 aromatic heterocycles. The molecule has 0 amide bonds. The maximum absolute atomic E-state index is 5.90. The molecule has 1 atom stereocenters. The van der Waals surface area contributed by atoms with Crippen molar-refractivity contribution >= 4 is 0 Å². The molecule has 102 valence electrons. The predicted molar refractivity (Wildman–Crippen MR) is 76.2 cm³/mol. The molecule has 0 rings (SSSR count). The molecule has 0 heterocycles. The summed E-state index contributed by atoms with van der Waals surface area (Å²) in [5, 5.41) is 0. The normalized spacial score (nSPS) is 12.9. The number of hydrogen-bond donors (Lipinski definition) is 0. The Labute approximate surface area is 108 Å². The Morgan fingerprint density at radius 3 is 2.06 bits per heavy atom. The molecular weight excluding hydrogens is 210 g/mol. The molecule has 0 saturated heterocycles. The minimum atomic E-state index is 0.288. The molecule has 0 N–H and O–H groups in total. The molecule has 0 fully saturated rings. The second-order valence-electron chi connectivity index (χ2n) is 4.61. The molecule has 0 aliphatic heterocycles. The first kappa shape index (κ1) is 16.7. The first-order valence-corrected chi connectivity index (χ1v) is 7.26. The molecule has 0 saturated carbocycles. The zero-order valence-electron chi connectivity index (χ0n) is 12.1. The van der Waals surface area contributed by atoms with Gasteiger partial charge < -0.3 is 4.74 Å². The molecule has 0 aliphatic rings. The monoisotopic (exact) mass is 241 g/mol. The van der Waals surface area contributed by atoms with E-state index in [-0.39, 0.29) is 6.23 Å². The standard InChI is InChI=1S/C15H31NO/c1-5-9-12-16(13-10-6-2)15(11-7-3)17-14-8-4/h8,15H,4-7,9-14H2,1-3H3. The van der Waals surface area contributed by atoms with E-state index >= 15 is 0 Å². The van der Waals surface area contributed by atoms with E-state index in [1.165, 1.54) is 32.1 Å². The SMILES string of the molecule is C=CCOC(CCC)N(CCCC)CCCC. The summed E-state index contributed by atoms with van der Waals surface area (Å²) in [4.78, 5) is 2.51. The van der Waals surface area contributed by atoms with Crippen molar-refractivity contribution in [3.05, 3.63) is 12.7 Å². The van der Waals surface area contributed by atoms with Crippen molar-refractivity contribution in [3.8, 4) is 0 Å². The molecular formula is C15H31NO. The maximum atomic E-state index is 5.90. The van der Waals surface area contributed by atoms with Gasteiger partial charge in [-0.25, -0.2) is 0 Å². The topological polar surface area (TPSA) is 12.5 Å². The van der Waals surface area contributed by atoms with Gasteiger partial charge in [0.25, 0.3) is 0 Å². The fourth-order valence-electron chi connectivity index (χ4n) is 1.92. The van der Waals surface area contributed by atoms with E-state index in [2.05, 4.69) is 32.3 Å². The van der Waals surface area contributed by atoms with Gasteiger partial charge in [0.2, 0.25) is 0 Å². The van der Waals surface area contributed by atoms with Crippen LogP contribution in [0.25, 0.3) is 0 Å². The van der Waals surface area contributed by atoms with Crippen molar-refractivity contribution in [1.82, 2.24) is 4.90 Å². The first-order valence-electron chi connectivity index (χ1n) is 7.26. The Hall–Kier alpha value is -0.340. The predicted octanol–water partition coefficient (Wildman–Crippen LogP) is 4.22. The molecule has 2 heteroatoms. The molecule has 0 aliphatic carbocycles. The fraction of sp³-hybridized carbons (Fsp3) is 0.867. The van der Waals surface area contributed by atoms with E-state index in [0.717, 1.165) is 19.5 Å². The smallest absolute Gasteiger partial charge is 0.111 e. The van der Waals surface area contributed by atoms with Crippen LogP contribution in [0.3, 0.4) is 0 Å². The van der Waals surface area contributed by atoms with Gasteiger partial charge in [0.1, 0.15) is 6.23 Å². The van der Waals surface area contributed by atoms with Gasteiger partial charge in [0, 0.05) is 13.1 Å². The van der Waals surface area contributed by atoms with Gasteiger partial charge in [0.15, 0.2) is 0 Å². The van der Waals surface area contributed by atoms with E-state index in [1.54, 1.807) is 0 Å². The van der Waals surface area contributed by atoms with E-state index in [0.29, 0.717) is 6.61 Å². The van der Waals surface area contributed by atoms with Crippen LogP contribution >= 0.6 is 0 Å². The van der Waals surface area contributed by atoms with Gasteiger partial charge in [-0.05, 0) is 19.3 Å². The molecule has 0 aromatic carbocycles. The Morgan fingerprint density at radius 1 is 1.06 bits per heavy atom. The zero-order valence-corrected chi connectivity index (χ0v) is 12.1. The molecule has 1 unspecified atom stereocenters. The minimum absolute atomic E-state index is 0.288. The third-order valence-electron chi connectivity index (χ3n) is 2.95. The largest absolute Gasteiger partial charge is 0.359 e. The van der Waals surface area contributed by atoms with Gasteiger partial charge in [-0.3, -0.25) is 4.90 Å². The lowest BCUT2D eigenvalue weighted by molar-refractivity contribution is -0.0545. The highest BCUT2D eigenvalue weighted by atomic mass is 16.5. The molecule has 0 aromatic rings. The zero-order chi connectivity index (χ0) is 12.9. The van der Waals surface area contributed by atoms with Crippen molar-refractivity contribution in [3.63, 3.8) is 0 Å². The maximum Gasteiger partial charge on any atom is 0.111 e. The summed E-state index contributed by atoms with van der Waals surface area (Å²) in [6.07, 6.45) is 9.48. The molecule has 2 nitrogen and oxygen atoms in total. The summed E-state index contributed by atoms with van der Waals surface area (Å²) >= 11 is 0. The summed E-state index contributed by atoms with van der Waals surface area (Å²) in [5.74, 6) is 0. The van der Waals surface area contributed by atoms with Crippen LogP contribution in [0.15, 0.2) is 12.7 Å². The molecule has 17 heavy (non-hydrogen) atoms. The first-order chi connectivity index (χ1) is 8.29. The number of nitrogens with zero attached hydrogens (tertiary/aromatic N) is 1. The summed E-state index contributed by atoms with van der Waals surface area (Å²) in [5.41, 5.74) is 0. The summed E-state index contributed by atoms with van der Waals surface area (Å²) < 4.78 is 5.90. The van der Waals surface area contributed by atoms with Crippen LogP contribution < -0.4 is 0 Å². The molecule has 0 spiro atoms. The van der Waals surface area contributed by atoms with Crippen LogP contribution in [0.1, 0.15) is 59.3 Å². The number of unbranched alkanes of at least 4 members (excludes halogenated alkanes) is 2. The van der Waals surface area contributed by atoms with E-state index in [1.807, 2.05) is 6.08 Å². The Bertz CT molecular complexity index is 162. The van der Waals surface area contributed by atoms with Gasteiger partial charge in [0.05, 0.1) is 6.61 Å². The van der Waals surface area contributed by atoms with E-state index < -0.39 is 0 Å². The van der Waals surface area contributed by atoms with E-state index in [9.17, 15) is 0 Å².